The number of nitrogens with one attached hydrogen (secondary N) is 1. The van der Waals surface area contributed by atoms with Crippen molar-refractivity contribution in [1.82, 2.24) is 15.1 Å². The third kappa shape index (κ3) is 4.25. The summed E-state index contributed by atoms with van der Waals surface area (Å²) < 4.78 is 1.51. The Morgan fingerprint density at radius 1 is 1.53 bits per heavy atom. The van der Waals surface area contributed by atoms with Crippen LogP contribution in [0.25, 0.3) is 0 Å². The molecule has 0 aromatic carbocycles. The minimum Gasteiger partial charge on any atom is -0.314 e. The van der Waals surface area contributed by atoms with E-state index in [1.807, 2.05) is 6.92 Å². The fourth-order valence-electron chi connectivity index (χ4n) is 1.31. The molecular weight excluding hydrogens is 190 g/mol. The predicted octanol–water partition coefficient (Wildman–Crippen LogP) is 0.940. The first-order valence-corrected chi connectivity index (χ1v) is 5.37. The van der Waals surface area contributed by atoms with Crippen molar-refractivity contribution in [3.8, 4) is 0 Å². The predicted molar refractivity (Wildman–Crippen MR) is 61.0 cm³/mol. The molecule has 4 nitrogen and oxygen atoms in total. The molecule has 0 unspecified atom stereocenters. The molecule has 0 saturated carbocycles. The lowest BCUT2D eigenvalue weighted by molar-refractivity contribution is 0.499. The monoisotopic (exact) mass is 209 g/mol. The highest BCUT2D eigenvalue weighted by atomic mass is 16.1. The first-order chi connectivity index (χ1) is 7.09. The molecule has 0 amide bonds. The standard InChI is InChI=1S/C11H19N3O/c1-9(2)12-5-4-6-14-11(15)7-10(3)8-13-14/h7-9,12H,4-6H2,1-3H3. The second kappa shape index (κ2) is 5.66. The van der Waals surface area contributed by atoms with Crippen LogP contribution in [0.4, 0.5) is 0 Å². The van der Waals surface area contributed by atoms with Crippen LogP contribution < -0.4 is 10.9 Å². The molecule has 1 rings (SSSR count). The van der Waals surface area contributed by atoms with E-state index in [-0.39, 0.29) is 5.56 Å². The van der Waals surface area contributed by atoms with Gasteiger partial charge in [0.2, 0.25) is 0 Å². The number of aryl methyl sites for hydroxylation is 2. The van der Waals surface area contributed by atoms with Gasteiger partial charge in [0, 0.05) is 18.7 Å². The molecular formula is C11H19N3O. The fourth-order valence-corrected chi connectivity index (χ4v) is 1.31. The molecule has 0 aliphatic rings. The van der Waals surface area contributed by atoms with Gasteiger partial charge in [-0.2, -0.15) is 5.10 Å². The summed E-state index contributed by atoms with van der Waals surface area (Å²) in [6.45, 7) is 7.68. The molecule has 1 aromatic heterocycles. The molecule has 0 radical (unpaired) electrons. The smallest absolute Gasteiger partial charge is 0.266 e. The van der Waals surface area contributed by atoms with Crippen molar-refractivity contribution in [2.75, 3.05) is 6.54 Å². The zero-order valence-electron chi connectivity index (χ0n) is 9.66. The molecule has 0 bridgehead atoms. The first kappa shape index (κ1) is 11.9. The number of hydrogen-bond acceptors (Lipinski definition) is 3. The van der Waals surface area contributed by atoms with Crippen LogP contribution in [-0.2, 0) is 6.54 Å². The van der Waals surface area contributed by atoms with Crippen molar-refractivity contribution in [3.63, 3.8) is 0 Å². The van der Waals surface area contributed by atoms with Gasteiger partial charge < -0.3 is 5.32 Å². The van der Waals surface area contributed by atoms with Gasteiger partial charge in [-0.3, -0.25) is 4.79 Å². The van der Waals surface area contributed by atoms with E-state index in [1.165, 1.54) is 4.68 Å². The van der Waals surface area contributed by atoms with Crippen molar-refractivity contribution in [2.24, 2.45) is 0 Å². The number of aromatic nitrogens is 2. The second-order valence-electron chi connectivity index (χ2n) is 4.06. The summed E-state index contributed by atoms with van der Waals surface area (Å²) in [4.78, 5) is 11.4. The molecule has 0 atom stereocenters. The van der Waals surface area contributed by atoms with Gasteiger partial charge in [-0.25, -0.2) is 4.68 Å². The number of rotatable bonds is 5. The van der Waals surface area contributed by atoms with Gasteiger partial charge in [0.1, 0.15) is 0 Å². The average Bonchev–Trinajstić information content (AvgIpc) is 2.14. The summed E-state index contributed by atoms with van der Waals surface area (Å²) in [5.74, 6) is 0. The summed E-state index contributed by atoms with van der Waals surface area (Å²) in [6.07, 6.45) is 2.64. The zero-order chi connectivity index (χ0) is 11.3. The maximum Gasteiger partial charge on any atom is 0.266 e. The van der Waals surface area contributed by atoms with Crippen LogP contribution in [0.2, 0.25) is 0 Å². The van der Waals surface area contributed by atoms with Crippen LogP contribution in [-0.4, -0.2) is 22.4 Å². The molecule has 1 heterocycles. The van der Waals surface area contributed by atoms with E-state index in [9.17, 15) is 4.79 Å². The van der Waals surface area contributed by atoms with Crippen LogP contribution in [0.3, 0.4) is 0 Å². The Morgan fingerprint density at radius 3 is 2.87 bits per heavy atom. The van der Waals surface area contributed by atoms with Crippen molar-refractivity contribution in [1.29, 1.82) is 0 Å². The normalized spacial score (nSPS) is 10.9. The van der Waals surface area contributed by atoms with Crippen LogP contribution in [0.1, 0.15) is 25.8 Å². The zero-order valence-corrected chi connectivity index (χ0v) is 9.66. The van der Waals surface area contributed by atoms with Gasteiger partial charge in [0.05, 0.1) is 6.20 Å². The van der Waals surface area contributed by atoms with E-state index in [4.69, 9.17) is 0 Å². The lowest BCUT2D eigenvalue weighted by Crippen LogP contribution is -2.27. The molecule has 4 heteroatoms. The summed E-state index contributed by atoms with van der Waals surface area (Å²) in [5, 5.41) is 7.37. The summed E-state index contributed by atoms with van der Waals surface area (Å²) in [6, 6.07) is 2.11. The van der Waals surface area contributed by atoms with E-state index < -0.39 is 0 Å². The Balaban J connectivity index is 2.41. The lowest BCUT2D eigenvalue weighted by Gasteiger charge is -2.08. The highest BCUT2D eigenvalue weighted by molar-refractivity contribution is 5.02. The molecule has 0 saturated heterocycles. The fraction of sp³-hybridized carbons (Fsp3) is 0.636. The third-order valence-corrected chi connectivity index (χ3v) is 2.11. The van der Waals surface area contributed by atoms with Gasteiger partial charge >= 0.3 is 0 Å². The van der Waals surface area contributed by atoms with Gasteiger partial charge in [0.15, 0.2) is 0 Å². The summed E-state index contributed by atoms with van der Waals surface area (Å²) in [7, 11) is 0. The highest BCUT2D eigenvalue weighted by Gasteiger charge is 1.97. The minimum atomic E-state index is -0.0143. The van der Waals surface area contributed by atoms with E-state index in [0.29, 0.717) is 12.6 Å². The summed E-state index contributed by atoms with van der Waals surface area (Å²) in [5.41, 5.74) is 0.899. The number of hydrogen-bond donors (Lipinski definition) is 1. The Hall–Kier alpha value is -1.16. The van der Waals surface area contributed by atoms with Crippen molar-refractivity contribution >= 4 is 0 Å². The Labute approximate surface area is 90.3 Å². The number of nitrogens with zero attached hydrogens (tertiary/aromatic N) is 2. The maximum atomic E-state index is 11.4. The molecule has 0 fully saturated rings. The van der Waals surface area contributed by atoms with E-state index in [1.54, 1.807) is 12.3 Å². The SMILES string of the molecule is Cc1cnn(CCCNC(C)C)c(=O)c1. The van der Waals surface area contributed by atoms with Gasteiger partial charge in [-0.15, -0.1) is 0 Å². The average molecular weight is 209 g/mol. The molecule has 0 spiro atoms. The quantitative estimate of drug-likeness (QED) is 0.734. The van der Waals surface area contributed by atoms with Gasteiger partial charge in [-0.05, 0) is 25.5 Å². The van der Waals surface area contributed by atoms with Crippen LogP contribution in [0.15, 0.2) is 17.1 Å². The highest BCUT2D eigenvalue weighted by Crippen LogP contribution is 1.89. The van der Waals surface area contributed by atoms with Gasteiger partial charge in [0.25, 0.3) is 5.56 Å². The Morgan fingerprint density at radius 2 is 2.27 bits per heavy atom. The van der Waals surface area contributed by atoms with E-state index in [0.717, 1.165) is 18.5 Å². The Bertz CT molecular complexity index is 357. The maximum absolute atomic E-state index is 11.4. The molecule has 0 aliphatic heterocycles. The first-order valence-electron chi connectivity index (χ1n) is 5.37. The van der Waals surface area contributed by atoms with E-state index >= 15 is 0 Å². The van der Waals surface area contributed by atoms with Crippen LogP contribution in [0.5, 0.6) is 0 Å². The minimum absolute atomic E-state index is 0.0143. The largest absolute Gasteiger partial charge is 0.314 e. The van der Waals surface area contributed by atoms with Crippen LogP contribution >= 0.6 is 0 Å². The molecule has 84 valence electrons. The van der Waals surface area contributed by atoms with Crippen molar-refractivity contribution in [3.05, 3.63) is 28.2 Å². The van der Waals surface area contributed by atoms with Crippen molar-refractivity contribution in [2.45, 2.75) is 39.8 Å². The molecule has 1 N–H and O–H groups in total. The van der Waals surface area contributed by atoms with Crippen LogP contribution in [0, 0.1) is 6.92 Å². The second-order valence-corrected chi connectivity index (χ2v) is 4.06. The third-order valence-electron chi connectivity index (χ3n) is 2.11. The van der Waals surface area contributed by atoms with E-state index in [2.05, 4.69) is 24.3 Å². The Kier molecular flexibility index (Phi) is 4.49. The molecule has 15 heavy (non-hydrogen) atoms. The lowest BCUT2D eigenvalue weighted by atomic mass is 10.3. The summed E-state index contributed by atoms with van der Waals surface area (Å²) >= 11 is 0. The van der Waals surface area contributed by atoms with Gasteiger partial charge in [-0.1, -0.05) is 13.8 Å². The molecule has 0 aliphatic carbocycles. The van der Waals surface area contributed by atoms with Crippen molar-refractivity contribution < 1.29 is 0 Å². The topological polar surface area (TPSA) is 46.9 Å². The molecule has 1 aromatic rings.